The van der Waals surface area contributed by atoms with E-state index in [9.17, 15) is 14.3 Å². The number of amides is 2. The minimum atomic E-state index is -1.05. The summed E-state index contributed by atoms with van der Waals surface area (Å²) in [4.78, 5) is 12.0. The molecule has 122 valence electrons. The zero-order valence-electron chi connectivity index (χ0n) is 13.2. The number of halogens is 1. The summed E-state index contributed by atoms with van der Waals surface area (Å²) in [5.41, 5.74) is 0.197. The van der Waals surface area contributed by atoms with Gasteiger partial charge in [-0.05, 0) is 24.3 Å². The minimum Gasteiger partial charge on any atom is -0.386 e. The number of benzene rings is 1. The van der Waals surface area contributed by atoms with E-state index in [0.717, 1.165) is 12.8 Å². The van der Waals surface area contributed by atoms with Crippen LogP contribution in [0.4, 0.5) is 9.18 Å². The first kappa shape index (κ1) is 16.7. The fourth-order valence-corrected chi connectivity index (χ4v) is 3.05. The standard InChI is InChI=1S/C17H25FN2O2/c1-11-6-5-9-15(12(11)2)20-17(22)19-10-16(21)13-7-3-4-8-14(13)18/h3-4,7-8,11-12,15-16,21H,5-6,9-10H2,1-2H3,(H2,19,20,22). The Morgan fingerprint density at radius 3 is 2.82 bits per heavy atom. The first-order valence-electron chi connectivity index (χ1n) is 7.96. The van der Waals surface area contributed by atoms with Gasteiger partial charge >= 0.3 is 6.03 Å². The molecule has 1 aromatic rings. The molecule has 4 atom stereocenters. The van der Waals surface area contributed by atoms with Crippen LogP contribution in [0.3, 0.4) is 0 Å². The first-order chi connectivity index (χ1) is 10.5. The second-order valence-electron chi connectivity index (χ2n) is 6.27. The van der Waals surface area contributed by atoms with Gasteiger partial charge in [0.1, 0.15) is 5.82 Å². The highest BCUT2D eigenvalue weighted by atomic mass is 19.1. The summed E-state index contributed by atoms with van der Waals surface area (Å²) < 4.78 is 13.5. The van der Waals surface area contributed by atoms with Crippen LogP contribution in [0.5, 0.6) is 0 Å². The van der Waals surface area contributed by atoms with Gasteiger partial charge in [-0.25, -0.2) is 9.18 Å². The third kappa shape index (κ3) is 4.19. The van der Waals surface area contributed by atoms with Gasteiger partial charge in [0.05, 0.1) is 6.10 Å². The van der Waals surface area contributed by atoms with Crippen LogP contribution >= 0.6 is 0 Å². The van der Waals surface area contributed by atoms with E-state index < -0.39 is 11.9 Å². The number of aliphatic hydroxyl groups is 1. The van der Waals surface area contributed by atoms with E-state index in [1.54, 1.807) is 12.1 Å². The number of rotatable bonds is 4. The molecule has 1 aromatic carbocycles. The van der Waals surface area contributed by atoms with E-state index in [1.807, 2.05) is 0 Å². The third-order valence-electron chi connectivity index (χ3n) is 4.74. The van der Waals surface area contributed by atoms with E-state index in [2.05, 4.69) is 24.5 Å². The van der Waals surface area contributed by atoms with Crippen LogP contribution < -0.4 is 10.6 Å². The highest BCUT2D eigenvalue weighted by Crippen LogP contribution is 2.29. The molecule has 1 saturated carbocycles. The zero-order chi connectivity index (χ0) is 16.1. The van der Waals surface area contributed by atoms with E-state index >= 15 is 0 Å². The molecule has 0 saturated heterocycles. The molecule has 2 amide bonds. The lowest BCUT2D eigenvalue weighted by molar-refractivity contribution is 0.163. The Bertz CT molecular complexity index is 509. The lowest BCUT2D eigenvalue weighted by Crippen LogP contribution is -2.48. The molecule has 0 aromatic heterocycles. The molecule has 4 unspecified atom stereocenters. The number of nitrogens with one attached hydrogen (secondary N) is 2. The molecule has 4 nitrogen and oxygen atoms in total. The molecule has 0 heterocycles. The largest absolute Gasteiger partial charge is 0.386 e. The molecule has 1 aliphatic rings. The van der Waals surface area contributed by atoms with Crippen LogP contribution in [0.25, 0.3) is 0 Å². The van der Waals surface area contributed by atoms with Crippen LogP contribution in [0.1, 0.15) is 44.8 Å². The van der Waals surface area contributed by atoms with Crippen LogP contribution in [0, 0.1) is 17.7 Å². The lowest BCUT2D eigenvalue weighted by atomic mass is 9.78. The predicted octanol–water partition coefficient (Wildman–Crippen LogP) is 2.98. The maximum absolute atomic E-state index is 13.5. The molecular weight excluding hydrogens is 283 g/mol. The van der Waals surface area contributed by atoms with Crippen LogP contribution in [-0.2, 0) is 0 Å². The number of hydrogen-bond acceptors (Lipinski definition) is 2. The Morgan fingerprint density at radius 2 is 2.09 bits per heavy atom. The normalized spacial score (nSPS) is 26.3. The summed E-state index contributed by atoms with van der Waals surface area (Å²) in [5, 5.41) is 15.6. The van der Waals surface area contributed by atoms with Gasteiger partial charge in [-0.2, -0.15) is 0 Å². The highest BCUT2D eigenvalue weighted by Gasteiger charge is 2.28. The van der Waals surface area contributed by atoms with Gasteiger partial charge in [0.15, 0.2) is 0 Å². The van der Waals surface area contributed by atoms with Crippen molar-refractivity contribution in [2.75, 3.05) is 6.54 Å². The van der Waals surface area contributed by atoms with E-state index in [0.29, 0.717) is 11.8 Å². The van der Waals surface area contributed by atoms with Crippen molar-refractivity contribution in [2.45, 2.75) is 45.3 Å². The van der Waals surface area contributed by atoms with Gasteiger partial charge in [0, 0.05) is 18.2 Å². The summed E-state index contributed by atoms with van der Waals surface area (Å²) in [7, 11) is 0. The zero-order valence-corrected chi connectivity index (χ0v) is 13.2. The number of urea groups is 1. The maximum atomic E-state index is 13.5. The smallest absolute Gasteiger partial charge is 0.315 e. The Hall–Kier alpha value is -1.62. The summed E-state index contributed by atoms with van der Waals surface area (Å²) in [6.45, 7) is 4.35. The molecular formula is C17H25FN2O2. The molecule has 3 N–H and O–H groups in total. The molecule has 5 heteroatoms. The molecule has 0 aliphatic heterocycles. The lowest BCUT2D eigenvalue weighted by Gasteiger charge is -2.34. The molecule has 1 aliphatic carbocycles. The molecule has 2 rings (SSSR count). The summed E-state index contributed by atoms with van der Waals surface area (Å²) in [5.74, 6) is 0.575. The SMILES string of the molecule is CC1CCCC(NC(=O)NCC(O)c2ccccc2F)C1C. The van der Waals surface area contributed by atoms with Crippen molar-refractivity contribution >= 4 is 6.03 Å². The van der Waals surface area contributed by atoms with Crippen molar-refractivity contribution in [1.29, 1.82) is 0 Å². The van der Waals surface area contributed by atoms with Gasteiger partial charge in [-0.15, -0.1) is 0 Å². The quantitative estimate of drug-likeness (QED) is 0.801. The second kappa shape index (κ2) is 7.58. The fourth-order valence-electron chi connectivity index (χ4n) is 3.05. The van der Waals surface area contributed by atoms with E-state index in [1.165, 1.54) is 18.6 Å². The van der Waals surface area contributed by atoms with Crippen molar-refractivity contribution in [2.24, 2.45) is 11.8 Å². The fraction of sp³-hybridized carbons (Fsp3) is 0.588. The van der Waals surface area contributed by atoms with Crippen molar-refractivity contribution in [3.05, 3.63) is 35.6 Å². The van der Waals surface area contributed by atoms with Gasteiger partial charge < -0.3 is 15.7 Å². The average Bonchev–Trinajstić information content (AvgIpc) is 2.50. The molecule has 0 radical (unpaired) electrons. The van der Waals surface area contributed by atoms with Crippen LogP contribution in [0.2, 0.25) is 0 Å². The average molecular weight is 308 g/mol. The number of hydrogen-bond donors (Lipinski definition) is 3. The van der Waals surface area contributed by atoms with Gasteiger partial charge in [0.25, 0.3) is 0 Å². The molecule has 22 heavy (non-hydrogen) atoms. The molecule has 1 fully saturated rings. The maximum Gasteiger partial charge on any atom is 0.315 e. The Morgan fingerprint density at radius 1 is 1.36 bits per heavy atom. The minimum absolute atomic E-state index is 0.0105. The van der Waals surface area contributed by atoms with Crippen molar-refractivity contribution in [3.63, 3.8) is 0 Å². The Labute approximate surface area is 131 Å². The van der Waals surface area contributed by atoms with Crippen molar-refractivity contribution in [3.8, 4) is 0 Å². The summed E-state index contributed by atoms with van der Waals surface area (Å²) in [6.07, 6.45) is 2.26. The third-order valence-corrected chi connectivity index (χ3v) is 4.74. The van der Waals surface area contributed by atoms with Gasteiger partial charge in [-0.3, -0.25) is 0 Å². The monoisotopic (exact) mass is 308 g/mol. The summed E-state index contributed by atoms with van der Waals surface area (Å²) in [6, 6.07) is 5.90. The van der Waals surface area contributed by atoms with E-state index in [4.69, 9.17) is 0 Å². The van der Waals surface area contributed by atoms with Crippen molar-refractivity contribution in [1.82, 2.24) is 10.6 Å². The highest BCUT2D eigenvalue weighted by molar-refractivity contribution is 5.74. The van der Waals surface area contributed by atoms with Crippen LogP contribution in [0.15, 0.2) is 24.3 Å². The van der Waals surface area contributed by atoms with Crippen LogP contribution in [-0.4, -0.2) is 23.7 Å². The summed E-state index contributed by atoms with van der Waals surface area (Å²) >= 11 is 0. The molecule has 0 bridgehead atoms. The predicted molar refractivity (Wildman–Crippen MR) is 83.9 cm³/mol. The first-order valence-corrected chi connectivity index (χ1v) is 7.96. The van der Waals surface area contributed by atoms with E-state index in [-0.39, 0.29) is 24.2 Å². The van der Waals surface area contributed by atoms with Crippen molar-refractivity contribution < 1.29 is 14.3 Å². The Kier molecular flexibility index (Phi) is 5.77. The van der Waals surface area contributed by atoms with Gasteiger partial charge in [0.2, 0.25) is 0 Å². The second-order valence-corrected chi connectivity index (χ2v) is 6.27. The number of aliphatic hydroxyl groups excluding tert-OH is 1. The topological polar surface area (TPSA) is 61.4 Å². The van der Waals surface area contributed by atoms with Gasteiger partial charge in [-0.1, -0.05) is 44.9 Å². The Balaban J connectivity index is 1.81. The number of carbonyl (C=O) groups is 1. The number of carbonyl (C=O) groups excluding carboxylic acids is 1. The molecule has 0 spiro atoms.